The van der Waals surface area contributed by atoms with Gasteiger partial charge in [0.2, 0.25) is 0 Å². The number of carbonyl (C=O) groups excluding carboxylic acids is 1. The van der Waals surface area contributed by atoms with Gasteiger partial charge in [-0.3, -0.25) is 4.79 Å². The van der Waals surface area contributed by atoms with Crippen LogP contribution in [0.25, 0.3) is 0 Å². The molecule has 2 aromatic carbocycles. The van der Waals surface area contributed by atoms with Gasteiger partial charge in [0.25, 0.3) is 0 Å². The molecule has 0 amide bonds. The Hall–Kier alpha value is -1.58. The molecule has 0 aliphatic rings. The summed E-state index contributed by atoms with van der Waals surface area (Å²) < 4.78 is 18.3. The largest absolute Gasteiger partial charge is 0.496 e. The third kappa shape index (κ3) is 2.72. The van der Waals surface area contributed by atoms with Gasteiger partial charge in [-0.1, -0.05) is 29.3 Å². The van der Waals surface area contributed by atoms with Crippen molar-refractivity contribution in [2.75, 3.05) is 7.11 Å². The minimum absolute atomic E-state index is 0.103. The van der Waals surface area contributed by atoms with E-state index in [0.29, 0.717) is 0 Å². The van der Waals surface area contributed by atoms with Gasteiger partial charge >= 0.3 is 0 Å². The highest BCUT2D eigenvalue weighted by atomic mass is 35.5. The Morgan fingerprint density at radius 3 is 2.58 bits per heavy atom. The highest BCUT2D eigenvalue weighted by Crippen LogP contribution is 2.30. The Morgan fingerprint density at radius 1 is 1.16 bits per heavy atom. The van der Waals surface area contributed by atoms with Gasteiger partial charge in [0, 0.05) is 5.56 Å². The summed E-state index contributed by atoms with van der Waals surface area (Å²) in [6.07, 6.45) is 0. The van der Waals surface area contributed by atoms with E-state index in [1.165, 1.54) is 25.3 Å². The summed E-state index contributed by atoms with van der Waals surface area (Å²) in [4.78, 5) is 12.4. The summed E-state index contributed by atoms with van der Waals surface area (Å²) in [5.74, 6) is -0.686. The second kappa shape index (κ2) is 5.59. The maximum absolute atomic E-state index is 13.3. The van der Waals surface area contributed by atoms with Crippen molar-refractivity contribution >= 4 is 29.0 Å². The lowest BCUT2D eigenvalue weighted by molar-refractivity contribution is 0.103. The van der Waals surface area contributed by atoms with Gasteiger partial charge < -0.3 is 4.74 Å². The van der Waals surface area contributed by atoms with Crippen LogP contribution >= 0.6 is 23.2 Å². The predicted octanol–water partition coefficient (Wildman–Crippen LogP) is 4.37. The first-order valence-corrected chi connectivity index (χ1v) is 6.12. The second-order valence-corrected chi connectivity index (χ2v) is 4.56. The quantitative estimate of drug-likeness (QED) is 0.787. The zero-order valence-electron chi connectivity index (χ0n) is 9.91. The average molecular weight is 299 g/mol. The Kier molecular flexibility index (Phi) is 4.08. The molecule has 0 aliphatic carbocycles. The fraction of sp³-hybridized carbons (Fsp3) is 0.0714. The van der Waals surface area contributed by atoms with E-state index in [1.807, 2.05) is 0 Å². The molecule has 0 aliphatic heterocycles. The van der Waals surface area contributed by atoms with Crippen molar-refractivity contribution in [2.45, 2.75) is 0 Å². The minimum atomic E-state index is -0.526. The minimum Gasteiger partial charge on any atom is -0.496 e. The highest BCUT2D eigenvalue weighted by molar-refractivity contribution is 6.44. The summed E-state index contributed by atoms with van der Waals surface area (Å²) in [5.41, 5.74) is 0.310. The van der Waals surface area contributed by atoms with Gasteiger partial charge in [-0.15, -0.1) is 0 Å². The fourth-order valence-corrected chi connectivity index (χ4v) is 2.07. The molecule has 0 fully saturated rings. The van der Waals surface area contributed by atoms with Gasteiger partial charge in [0.05, 0.1) is 22.7 Å². The maximum Gasteiger partial charge on any atom is 0.198 e. The molecule has 0 aromatic heterocycles. The molecule has 0 radical (unpaired) electrons. The number of benzene rings is 2. The summed E-state index contributed by atoms with van der Waals surface area (Å²) >= 11 is 11.8. The number of hydrogen-bond acceptors (Lipinski definition) is 2. The predicted molar refractivity (Wildman–Crippen MR) is 72.8 cm³/mol. The SMILES string of the molecule is COc1ccc(F)cc1C(=O)c1cccc(Cl)c1Cl. The van der Waals surface area contributed by atoms with E-state index in [0.717, 1.165) is 6.07 Å². The monoisotopic (exact) mass is 298 g/mol. The Bertz CT molecular complexity index is 641. The number of carbonyl (C=O) groups is 1. The van der Waals surface area contributed by atoms with Gasteiger partial charge in [0.1, 0.15) is 11.6 Å². The third-order valence-corrected chi connectivity index (χ3v) is 3.42. The first-order chi connectivity index (χ1) is 9.04. The first-order valence-electron chi connectivity index (χ1n) is 5.37. The molecule has 98 valence electrons. The topological polar surface area (TPSA) is 26.3 Å². The maximum atomic E-state index is 13.3. The van der Waals surface area contributed by atoms with Crippen LogP contribution in [-0.4, -0.2) is 12.9 Å². The zero-order chi connectivity index (χ0) is 14.0. The van der Waals surface area contributed by atoms with Crippen LogP contribution in [0.2, 0.25) is 10.0 Å². The van der Waals surface area contributed by atoms with E-state index in [2.05, 4.69) is 0 Å². The van der Waals surface area contributed by atoms with Gasteiger partial charge in [-0.25, -0.2) is 4.39 Å². The smallest absolute Gasteiger partial charge is 0.198 e. The van der Waals surface area contributed by atoms with Crippen LogP contribution in [-0.2, 0) is 0 Å². The van der Waals surface area contributed by atoms with Crippen LogP contribution in [0.3, 0.4) is 0 Å². The Morgan fingerprint density at radius 2 is 1.89 bits per heavy atom. The van der Waals surface area contributed by atoms with Crippen LogP contribution in [0.5, 0.6) is 5.75 Å². The molecule has 2 aromatic rings. The molecule has 5 heteroatoms. The summed E-state index contributed by atoms with van der Waals surface area (Å²) in [6, 6.07) is 8.42. The van der Waals surface area contributed by atoms with Gasteiger partial charge in [-0.05, 0) is 30.3 Å². The Labute approximate surface area is 119 Å². The molecule has 0 spiro atoms. The van der Waals surface area contributed by atoms with Crippen LogP contribution in [0.15, 0.2) is 36.4 Å². The van der Waals surface area contributed by atoms with E-state index >= 15 is 0 Å². The average Bonchev–Trinajstić information content (AvgIpc) is 2.41. The van der Waals surface area contributed by atoms with E-state index in [-0.39, 0.29) is 26.9 Å². The molecule has 2 rings (SSSR count). The molecular weight excluding hydrogens is 290 g/mol. The number of hydrogen-bond donors (Lipinski definition) is 0. The van der Waals surface area contributed by atoms with Crippen molar-refractivity contribution in [3.05, 3.63) is 63.4 Å². The summed E-state index contributed by atoms with van der Waals surface area (Å²) in [5, 5.41) is 0.406. The van der Waals surface area contributed by atoms with E-state index in [4.69, 9.17) is 27.9 Å². The van der Waals surface area contributed by atoms with E-state index < -0.39 is 11.6 Å². The molecule has 0 bridgehead atoms. The van der Waals surface area contributed by atoms with Crippen molar-refractivity contribution in [3.8, 4) is 5.75 Å². The first kappa shape index (κ1) is 13.8. The second-order valence-electron chi connectivity index (χ2n) is 3.78. The standard InChI is InChI=1S/C14H9Cl2FO2/c1-19-12-6-5-8(17)7-10(12)14(18)9-3-2-4-11(15)13(9)16/h2-7H,1H3. The van der Waals surface area contributed by atoms with Crippen molar-refractivity contribution in [1.29, 1.82) is 0 Å². The van der Waals surface area contributed by atoms with E-state index in [9.17, 15) is 9.18 Å². The molecule has 0 heterocycles. The summed E-state index contributed by atoms with van der Waals surface area (Å²) in [7, 11) is 1.41. The number of ketones is 1. The molecule has 0 atom stereocenters. The molecule has 0 unspecified atom stereocenters. The normalized spacial score (nSPS) is 10.3. The van der Waals surface area contributed by atoms with Crippen LogP contribution in [0.1, 0.15) is 15.9 Å². The van der Waals surface area contributed by atoms with E-state index in [1.54, 1.807) is 12.1 Å². The molecule has 0 saturated carbocycles. The lowest BCUT2D eigenvalue weighted by Gasteiger charge is -2.09. The highest BCUT2D eigenvalue weighted by Gasteiger charge is 2.19. The van der Waals surface area contributed by atoms with Crippen LogP contribution < -0.4 is 4.74 Å². The molecule has 19 heavy (non-hydrogen) atoms. The zero-order valence-corrected chi connectivity index (χ0v) is 11.4. The van der Waals surface area contributed by atoms with Crippen LogP contribution in [0.4, 0.5) is 4.39 Å². The number of methoxy groups -OCH3 is 1. The molecule has 2 nitrogen and oxygen atoms in total. The number of halogens is 3. The Balaban J connectivity index is 2.56. The van der Waals surface area contributed by atoms with Crippen molar-refractivity contribution in [2.24, 2.45) is 0 Å². The van der Waals surface area contributed by atoms with Gasteiger partial charge in [-0.2, -0.15) is 0 Å². The number of ether oxygens (including phenoxy) is 1. The van der Waals surface area contributed by atoms with Crippen molar-refractivity contribution in [1.82, 2.24) is 0 Å². The third-order valence-electron chi connectivity index (χ3n) is 2.60. The van der Waals surface area contributed by atoms with Crippen LogP contribution in [0, 0.1) is 5.82 Å². The molecular formula is C14H9Cl2FO2. The molecule has 0 N–H and O–H groups in total. The van der Waals surface area contributed by atoms with Crippen molar-refractivity contribution in [3.63, 3.8) is 0 Å². The number of rotatable bonds is 3. The summed E-state index contributed by atoms with van der Waals surface area (Å²) in [6.45, 7) is 0. The fourth-order valence-electron chi connectivity index (χ4n) is 1.68. The van der Waals surface area contributed by atoms with Gasteiger partial charge in [0.15, 0.2) is 5.78 Å². The lowest BCUT2D eigenvalue weighted by atomic mass is 10.0. The van der Waals surface area contributed by atoms with Crippen molar-refractivity contribution < 1.29 is 13.9 Å². The molecule has 0 saturated heterocycles. The lowest BCUT2D eigenvalue weighted by Crippen LogP contribution is -2.05.